The monoisotopic (exact) mass is 227 g/mol. The topological polar surface area (TPSA) is 61.0 Å². The molecule has 1 heterocycles. The Hall–Kier alpha value is -0.810. The summed E-state index contributed by atoms with van der Waals surface area (Å²) in [6, 6.07) is 0. The highest BCUT2D eigenvalue weighted by atomic mass is 32.2. The van der Waals surface area contributed by atoms with Crippen LogP contribution in [0.1, 0.15) is 20.8 Å². The molecule has 1 rings (SSSR count). The lowest BCUT2D eigenvalue weighted by Crippen LogP contribution is -2.20. The highest BCUT2D eigenvalue weighted by Crippen LogP contribution is 2.19. The lowest BCUT2D eigenvalue weighted by molar-refractivity contribution is 0.00694. The maximum Gasteiger partial charge on any atom is 0.156 e. The summed E-state index contributed by atoms with van der Waals surface area (Å²) >= 11 is 1.56. The molecule has 84 valence electrons. The van der Waals surface area contributed by atoms with Crippen LogP contribution in [0.5, 0.6) is 0 Å². The van der Waals surface area contributed by atoms with Gasteiger partial charge in [-0.3, -0.25) is 0 Å². The Bertz CT molecular complexity index is 312. The van der Waals surface area contributed by atoms with Crippen LogP contribution in [-0.2, 0) is 4.74 Å². The minimum Gasteiger partial charge on any atom is -0.381 e. The SMILES string of the molecule is CC(C)(C)OCCSc1nccnc1N. The molecule has 2 N–H and O–H groups in total. The van der Waals surface area contributed by atoms with Crippen molar-refractivity contribution in [2.45, 2.75) is 31.4 Å². The third-order valence-corrected chi connectivity index (χ3v) is 2.51. The van der Waals surface area contributed by atoms with Gasteiger partial charge in [0, 0.05) is 18.1 Å². The Morgan fingerprint density at radius 1 is 1.33 bits per heavy atom. The fraction of sp³-hybridized carbons (Fsp3) is 0.600. The van der Waals surface area contributed by atoms with Crippen molar-refractivity contribution in [3.05, 3.63) is 12.4 Å². The molecule has 0 radical (unpaired) electrons. The van der Waals surface area contributed by atoms with Gasteiger partial charge in [0.1, 0.15) is 5.03 Å². The predicted molar refractivity (Wildman–Crippen MR) is 62.9 cm³/mol. The van der Waals surface area contributed by atoms with Gasteiger partial charge in [0.15, 0.2) is 5.82 Å². The fourth-order valence-corrected chi connectivity index (χ4v) is 1.63. The van der Waals surface area contributed by atoms with Gasteiger partial charge in [0.2, 0.25) is 0 Å². The van der Waals surface area contributed by atoms with Crippen LogP contribution in [0.15, 0.2) is 17.4 Å². The van der Waals surface area contributed by atoms with Crippen molar-refractivity contribution in [3.8, 4) is 0 Å². The van der Waals surface area contributed by atoms with E-state index in [1.807, 2.05) is 20.8 Å². The van der Waals surface area contributed by atoms with Gasteiger partial charge in [-0.05, 0) is 20.8 Å². The largest absolute Gasteiger partial charge is 0.381 e. The van der Waals surface area contributed by atoms with Gasteiger partial charge in [-0.25, -0.2) is 9.97 Å². The van der Waals surface area contributed by atoms with Crippen LogP contribution in [-0.4, -0.2) is 27.9 Å². The molecule has 0 aliphatic carbocycles. The van der Waals surface area contributed by atoms with E-state index in [0.717, 1.165) is 10.8 Å². The maximum absolute atomic E-state index is 5.65. The van der Waals surface area contributed by atoms with E-state index < -0.39 is 0 Å². The van der Waals surface area contributed by atoms with Gasteiger partial charge in [-0.1, -0.05) is 0 Å². The van der Waals surface area contributed by atoms with Crippen LogP contribution in [0, 0.1) is 0 Å². The minimum absolute atomic E-state index is 0.0888. The van der Waals surface area contributed by atoms with E-state index in [2.05, 4.69) is 9.97 Å². The first-order valence-electron chi connectivity index (χ1n) is 4.82. The smallest absolute Gasteiger partial charge is 0.156 e. The van der Waals surface area contributed by atoms with E-state index in [1.165, 1.54) is 0 Å². The fourth-order valence-electron chi connectivity index (χ4n) is 0.933. The van der Waals surface area contributed by atoms with Crippen molar-refractivity contribution in [2.24, 2.45) is 0 Å². The molecule has 0 atom stereocenters. The summed E-state index contributed by atoms with van der Waals surface area (Å²) in [5, 5.41) is 0.773. The zero-order valence-electron chi connectivity index (χ0n) is 9.36. The second kappa shape index (κ2) is 5.32. The number of rotatable bonds is 4. The number of aromatic nitrogens is 2. The van der Waals surface area contributed by atoms with Gasteiger partial charge < -0.3 is 10.5 Å². The highest BCUT2D eigenvalue weighted by molar-refractivity contribution is 7.99. The molecule has 0 aliphatic heterocycles. The summed E-state index contributed by atoms with van der Waals surface area (Å²) in [6.45, 7) is 6.79. The van der Waals surface area contributed by atoms with Crippen molar-refractivity contribution < 1.29 is 4.74 Å². The van der Waals surface area contributed by atoms with E-state index in [4.69, 9.17) is 10.5 Å². The second-order valence-corrected chi connectivity index (χ2v) is 5.14. The third kappa shape index (κ3) is 4.99. The lowest BCUT2D eigenvalue weighted by Gasteiger charge is -2.19. The van der Waals surface area contributed by atoms with Crippen molar-refractivity contribution in [2.75, 3.05) is 18.1 Å². The zero-order valence-corrected chi connectivity index (χ0v) is 10.2. The van der Waals surface area contributed by atoms with Crippen molar-refractivity contribution in [1.82, 2.24) is 9.97 Å². The van der Waals surface area contributed by atoms with E-state index in [0.29, 0.717) is 12.4 Å². The summed E-state index contributed by atoms with van der Waals surface area (Å²) in [5.41, 5.74) is 5.56. The Labute approximate surface area is 94.6 Å². The molecule has 0 saturated heterocycles. The Morgan fingerprint density at radius 2 is 2.00 bits per heavy atom. The van der Waals surface area contributed by atoms with Crippen LogP contribution < -0.4 is 5.73 Å². The highest BCUT2D eigenvalue weighted by Gasteiger charge is 2.09. The summed E-state index contributed by atoms with van der Waals surface area (Å²) in [5.74, 6) is 1.32. The summed E-state index contributed by atoms with van der Waals surface area (Å²) in [4.78, 5) is 8.09. The summed E-state index contributed by atoms with van der Waals surface area (Å²) < 4.78 is 5.58. The van der Waals surface area contributed by atoms with E-state index in [9.17, 15) is 0 Å². The van der Waals surface area contributed by atoms with Crippen LogP contribution >= 0.6 is 11.8 Å². The number of thioether (sulfide) groups is 1. The number of hydrogen-bond donors (Lipinski definition) is 1. The Morgan fingerprint density at radius 3 is 2.60 bits per heavy atom. The van der Waals surface area contributed by atoms with E-state index in [1.54, 1.807) is 24.2 Å². The van der Waals surface area contributed by atoms with E-state index >= 15 is 0 Å². The molecule has 0 aliphatic rings. The van der Waals surface area contributed by atoms with Gasteiger partial charge in [0.25, 0.3) is 0 Å². The Kier molecular flexibility index (Phi) is 4.35. The second-order valence-electron chi connectivity index (χ2n) is 4.06. The summed E-state index contributed by atoms with van der Waals surface area (Å²) in [7, 11) is 0. The molecule has 5 heteroatoms. The predicted octanol–water partition coefficient (Wildman–Crippen LogP) is 1.97. The molecule has 0 spiro atoms. The first-order chi connectivity index (χ1) is 6.99. The quantitative estimate of drug-likeness (QED) is 0.629. The van der Waals surface area contributed by atoms with Crippen LogP contribution in [0.3, 0.4) is 0 Å². The number of nitrogens with two attached hydrogens (primary N) is 1. The van der Waals surface area contributed by atoms with Crippen molar-refractivity contribution in [1.29, 1.82) is 0 Å². The van der Waals surface area contributed by atoms with Crippen molar-refractivity contribution >= 4 is 17.6 Å². The maximum atomic E-state index is 5.65. The molecular formula is C10H17N3OS. The van der Waals surface area contributed by atoms with Gasteiger partial charge in [-0.15, -0.1) is 11.8 Å². The van der Waals surface area contributed by atoms with Crippen LogP contribution in [0.4, 0.5) is 5.82 Å². The molecule has 0 aromatic carbocycles. The van der Waals surface area contributed by atoms with Crippen LogP contribution in [0.2, 0.25) is 0 Å². The number of ether oxygens (including phenoxy) is 1. The van der Waals surface area contributed by atoms with E-state index in [-0.39, 0.29) is 5.60 Å². The molecule has 0 amide bonds. The standard InChI is InChI=1S/C10H17N3OS/c1-10(2,3)14-6-7-15-9-8(11)12-4-5-13-9/h4-5H,6-7H2,1-3H3,(H2,11,12). The molecule has 0 bridgehead atoms. The first-order valence-corrected chi connectivity index (χ1v) is 5.81. The molecule has 0 unspecified atom stereocenters. The van der Waals surface area contributed by atoms with Gasteiger partial charge in [-0.2, -0.15) is 0 Å². The average molecular weight is 227 g/mol. The lowest BCUT2D eigenvalue weighted by atomic mass is 10.2. The molecule has 0 fully saturated rings. The minimum atomic E-state index is -0.0888. The zero-order chi connectivity index (χ0) is 11.3. The van der Waals surface area contributed by atoms with Crippen molar-refractivity contribution in [3.63, 3.8) is 0 Å². The molecule has 1 aromatic rings. The summed E-state index contributed by atoms with van der Waals surface area (Å²) in [6.07, 6.45) is 3.23. The van der Waals surface area contributed by atoms with Gasteiger partial charge in [0.05, 0.1) is 12.2 Å². The van der Waals surface area contributed by atoms with Gasteiger partial charge >= 0.3 is 0 Å². The molecular weight excluding hydrogens is 210 g/mol. The molecule has 1 aromatic heterocycles. The number of hydrogen-bond acceptors (Lipinski definition) is 5. The number of nitrogen functional groups attached to an aromatic ring is 1. The van der Waals surface area contributed by atoms with Crippen LogP contribution in [0.25, 0.3) is 0 Å². The first kappa shape index (κ1) is 12.3. The molecule has 15 heavy (non-hydrogen) atoms. The third-order valence-electron chi connectivity index (χ3n) is 1.55. The molecule has 0 saturated carbocycles. The normalized spacial score (nSPS) is 11.7. The number of nitrogens with zero attached hydrogens (tertiary/aromatic N) is 2. The average Bonchev–Trinajstić information content (AvgIpc) is 2.13. The molecule has 4 nitrogen and oxygen atoms in total. The Balaban J connectivity index is 2.30. The number of anilines is 1.